The van der Waals surface area contributed by atoms with Crippen LogP contribution in [-0.4, -0.2) is 47.2 Å². The molecule has 0 aromatic carbocycles. The van der Waals surface area contributed by atoms with Crippen molar-refractivity contribution in [1.82, 2.24) is 0 Å². The second-order valence-corrected chi connectivity index (χ2v) is 4.20. The van der Waals surface area contributed by atoms with E-state index in [1.165, 1.54) is 0 Å². The Morgan fingerprint density at radius 2 is 2.14 bits per heavy atom. The van der Waals surface area contributed by atoms with E-state index in [9.17, 15) is 5.11 Å². The zero-order valence-corrected chi connectivity index (χ0v) is 8.34. The summed E-state index contributed by atoms with van der Waals surface area (Å²) in [5, 5.41) is 18.1. The van der Waals surface area contributed by atoms with Gasteiger partial charge in [0, 0.05) is 6.42 Å². The zero-order chi connectivity index (χ0) is 10.3. The predicted octanol–water partition coefficient (Wildman–Crippen LogP) is -0.394. The molecule has 4 unspecified atom stereocenters. The normalized spacial score (nSPS) is 42.4. The van der Waals surface area contributed by atoms with Crippen molar-refractivity contribution < 1.29 is 24.4 Å². The third-order valence-electron chi connectivity index (χ3n) is 2.53. The molecule has 0 amide bonds. The van der Waals surface area contributed by atoms with Crippen molar-refractivity contribution in [2.24, 2.45) is 0 Å². The molecule has 0 radical (unpaired) electrons. The Morgan fingerprint density at radius 1 is 1.43 bits per heavy atom. The number of rotatable bonds is 2. The molecule has 2 fully saturated rings. The molecule has 0 spiro atoms. The molecule has 0 aliphatic carbocycles. The van der Waals surface area contributed by atoms with E-state index in [0.29, 0.717) is 6.42 Å². The molecule has 2 heterocycles. The summed E-state index contributed by atoms with van der Waals surface area (Å²) in [6.07, 6.45) is -1.20. The number of aliphatic hydroxyl groups excluding tert-OH is 2. The van der Waals surface area contributed by atoms with Gasteiger partial charge < -0.3 is 24.4 Å². The number of aliphatic hydroxyl groups is 2. The van der Waals surface area contributed by atoms with Gasteiger partial charge >= 0.3 is 0 Å². The summed E-state index contributed by atoms with van der Waals surface area (Å²) in [5.41, 5.74) is 0. The average molecular weight is 204 g/mol. The highest BCUT2D eigenvalue weighted by molar-refractivity contribution is 4.87. The maximum absolute atomic E-state index is 9.36. The van der Waals surface area contributed by atoms with Crippen molar-refractivity contribution in [2.45, 2.75) is 50.7 Å². The smallest absolute Gasteiger partial charge is 0.187 e. The largest absolute Gasteiger partial charge is 0.394 e. The molecule has 14 heavy (non-hydrogen) atoms. The van der Waals surface area contributed by atoms with Crippen LogP contribution in [0.25, 0.3) is 0 Å². The van der Waals surface area contributed by atoms with Gasteiger partial charge in [-0.05, 0) is 13.8 Å². The molecule has 2 saturated heterocycles. The first-order chi connectivity index (χ1) is 6.52. The van der Waals surface area contributed by atoms with Gasteiger partial charge in [0.15, 0.2) is 12.1 Å². The minimum Gasteiger partial charge on any atom is -0.394 e. The van der Waals surface area contributed by atoms with E-state index >= 15 is 0 Å². The third-order valence-corrected chi connectivity index (χ3v) is 2.53. The van der Waals surface area contributed by atoms with E-state index in [-0.39, 0.29) is 18.8 Å². The van der Waals surface area contributed by atoms with E-state index < -0.39 is 18.2 Å². The number of ether oxygens (including phenoxy) is 3. The third kappa shape index (κ3) is 1.78. The summed E-state index contributed by atoms with van der Waals surface area (Å²) in [4.78, 5) is 0. The maximum Gasteiger partial charge on any atom is 0.187 e. The molecule has 0 aromatic heterocycles. The van der Waals surface area contributed by atoms with Gasteiger partial charge in [-0.15, -0.1) is 0 Å². The van der Waals surface area contributed by atoms with Gasteiger partial charge in [-0.3, -0.25) is 0 Å². The van der Waals surface area contributed by atoms with E-state index in [2.05, 4.69) is 0 Å². The molecule has 5 nitrogen and oxygen atoms in total. The van der Waals surface area contributed by atoms with Crippen LogP contribution in [0.15, 0.2) is 0 Å². The first-order valence-corrected chi connectivity index (χ1v) is 4.82. The lowest BCUT2D eigenvalue weighted by molar-refractivity contribution is -0.215. The Hall–Kier alpha value is -0.200. The Kier molecular flexibility index (Phi) is 2.53. The number of fused-ring (bicyclic) bond motifs is 1. The van der Waals surface area contributed by atoms with Crippen LogP contribution in [0.2, 0.25) is 0 Å². The quantitative estimate of drug-likeness (QED) is 0.641. The van der Waals surface area contributed by atoms with Crippen molar-refractivity contribution in [3.05, 3.63) is 0 Å². The van der Waals surface area contributed by atoms with Crippen molar-refractivity contribution in [1.29, 1.82) is 0 Å². The Balaban J connectivity index is 1.93. The molecule has 0 aromatic rings. The Bertz CT molecular complexity index is 201. The first kappa shape index (κ1) is 10.3. The molecule has 82 valence electrons. The summed E-state index contributed by atoms with van der Waals surface area (Å²) in [7, 11) is 0. The topological polar surface area (TPSA) is 68.2 Å². The predicted molar refractivity (Wildman–Crippen MR) is 46.4 cm³/mol. The van der Waals surface area contributed by atoms with Crippen LogP contribution in [0.3, 0.4) is 0 Å². The Labute approximate surface area is 82.6 Å². The standard InChI is InChI=1S/C9H16O5/c1-9(2)13-7-3-6(5(11)4-10)12-8(7)14-9/h5-8,10-11H,3-4H2,1-2H3. The molecule has 0 saturated carbocycles. The lowest BCUT2D eigenvalue weighted by Gasteiger charge is -2.22. The zero-order valence-electron chi connectivity index (χ0n) is 8.34. The highest BCUT2D eigenvalue weighted by atomic mass is 16.8. The molecule has 0 bridgehead atoms. The summed E-state index contributed by atoms with van der Waals surface area (Å²) < 4.78 is 16.4. The number of hydrogen-bond acceptors (Lipinski definition) is 5. The van der Waals surface area contributed by atoms with Gasteiger partial charge in [0.25, 0.3) is 0 Å². The molecule has 4 atom stereocenters. The van der Waals surface area contributed by atoms with E-state index in [4.69, 9.17) is 19.3 Å². The fraction of sp³-hybridized carbons (Fsp3) is 1.00. The molecular weight excluding hydrogens is 188 g/mol. The summed E-state index contributed by atoms with van der Waals surface area (Å²) >= 11 is 0. The minimum atomic E-state index is -0.851. The highest BCUT2D eigenvalue weighted by Gasteiger charge is 2.49. The van der Waals surface area contributed by atoms with Crippen molar-refractivity contribution >= 4 is 0 Å². The average Bonchev–Trinajstić information content (AvgIpc) is 2.56. The summed E-state index contributed by atoms with van der Waals surface area (Å²) in [6.45, 7) is 3.35. The van der Waals surface area contributed by atoms with Crippen molar-refractivity contribution in [2.75, 3.05) is 6.61 Å². The second kappa shape index (κ2) is 3.43. The van der Waals surface area contributed by atoms with Gasteiger partial charge in [-0.2, -0.15) is 0 Å². The molecular formula is C9H16O5. The molecule has 2 rings (SSSR count). The SMILES string of the molecule is CC1(C)OC2CC(C(O)CO)OC2O1. The summed E-state index contributed by atoms with van der Waals surface area (Å²) in [5.74, 6) is -0.607. The highest BCUT2D eigenvalue weighted by Crippen LogP contribution is 2.37. The van der Waals surface area contributed by atoms with Gasteiger partial charge in [-0.1, -0.05) is 0 Å². The van der Waals surface area contributed by atoms with E-state index in [1.807, 2.05) is 13.8 Å². The lowest BCUT2D eigenvalue weighted by atomic mass is 10.1. The van der Waals surface area contributed by atoms with Crippen LogP contribution in [0, 0.1) is 0 Å². The monoisotopic (exact) mass is 204 g/mol. The van der Waals surface area contributed by atoms with Crippen molar-refractivity contribution in [3.8, 4) is 0 Å². The van der Waals surface area contributed by atoms with E-state index in [1.54, 1.807) is 0 Å². The van der Waals surface area contributed by atoms with Crippen LogP contribution in [0.5, 0.6) is 0 Å². The van der Waals surface area contributed by atoms with Crippen LogP contribution in [0.4, 0.5) is 0 Å². The van der Waals surface area contributed by atoms with Gasteiger partial charge in [-0.25, -0.2) is 0 Å². The van der Waals surface area contributed by atoms with Crippen LogP contribution in [0.1, 0.15) is 20.3 Å². The molecule has 5 heteroatoms. The molecule has 2 aliphatic heterocycles. The fourth-order valence-electron chi connectivity index (χ4n) is 1.90. The van der Waals surface area contributed by atoms with Gasteiger partial charge in [0.05, 0.1) is 12.7 Å². The molecule has 2 aliphatic rings. The Morgan fingerprint density at radius 3 is 2.71 bits per heavy atom. The second-order valence-electron chi connectivity index (χ2n) is 4.20. The first-order valence-electron chi connectivity index (χ1n) is 4.82. The van der Waals surface area contributed by atoms with Crippen LogP contribution >= 0.6 is 0 Å². The summed E-state index contributed by atoms with van der Waals surface area (Å²) in [6, 6.07) is 0. The van der Waals surface area contributed by atoms with Crippen LogP contribution < -0.4 is 0 Å². The molecule has 2 N–H and O–H groups in total. The van der Waals surface area contributed by atoms with Gasteiger partial charge in [0.2, 0.25) is 0 Å². The number of hydrogen-bond donors (Lipinski definition) is 2. The minimum absolute atomic E-state index is 0.129. The maximum atomic E-state index is 9.36. The van der Waals surface area contributed by atoms with E-state index in [0.717, 1.165) is 0 Å². The van der Waals surface area contributed by atoms with Crippen molar-refractivity contribution in [3.63, 3.8) is 0 Å². The van der Waals surface area contributed by atoms with Gasteiger partial charge in [0.1, 0.15) is 12.2 Å². The van der Waals surface area contributed by atoms with Crippen LogP contribution in [-0.2, 0) is 14.2 Å². The fourth-order valence-corrected chi connectivity index (χ4v) is 1.90. The lowest BCUT2D eigenvalue weighted by Crippen LogP contribution is -2.32.